The molecule has 4 nitrogen and oxygen atoms in total. The third-order valence-corrected chi connectivity index (χ3v) is 2.64. The van der Waals surface area contributed by atoms with Gasteiger partial charge in [-0.2, -0.15) is 0 Å². The standard InChI is InChI=1S/C12H15FN2O2/c1-9-2-3-11(13)10(8-9)12(16)14-15-4-6-17-7-5-15/h2-3,8H,4-7H2,1H3,(H,14,16). The third-order valence-electron chi connectivity index (χ3n) is 2.64. The van der Waals surface area contributed by atoms with E-state index in [-0.39, 0.29) is 5.56 Å². The van der Waals surface area contributed by atoms with Crippen LogP contribution in [0.15, 0.2) is 18.2 Å². The molecule has 1 N–H and O–H groups in total. The molecule has 1 heterocycles. The van der Waals surface area contributed by atoms with Crippen LogP contribution in [0.1, 0.15) is 15.9 Å². The zero-order valence-corrected chi connectivity index (χ0v) is 9.70. The molecule has 17 heavy (non-hydrogen) atoms. The number of carbonyl (C=O) groups excluding carboxylic acids is 1. The van der Waals surface area contributed by atoms with Crippen molar-refractivity contribution in [2.24, 2.45) is 0 Å². The first-order chi connectivity index (χ1) is 8.16. The van der Waals surface area contributed by atoms with E-state index in [1.807, 2.05) is 6.92 Å². The van der Waals surface area contributed by atoms with Gasteiger partial charge in [0.2, 0.25) is 0 Å². The molecule has 0 atom stereocenters. The van der Waals surface area contributed by atoms with Crippen molar-refractivity contribution < 1.29 is 13.9 Å². The van der Waals surface area contributed by atoms with Crippen LogP contribution in [0.5, 0.6) is 0 Å². The Morgan fingerprint density at radius 3 is 2.82 bits per heavy atom. The van der Waals surface area contributed by atoms with E-state index in [4.69, 9.17) is 4.74 Å². The molecule has 5 heteroatoms. The van der Waals surface area contributed by atoms with Gasteiger partial charge in [0.15, 0.2) is 0 Å². The van der Waals surface area contributed by atoms with Gasteiger partial charge in [-0.3, -0.25) is 10.2 Å². The summed E-state index contributed by atoms with van der Waals surface area (Å²) in [5.41, 5.74) is 3.62. The number of nitrogens with zero attached hydrogens (tertiary/aromatic N) is 1. The SMILES string of the molecule is Cc1ccc(F)c(C(=O)NN2CCOCC2)c1. The molecule has 0 saturated carbocycles. The number of benzene rings is 1. The number of halogens is 1. The van der Waals surface area contributed by atoms with Crippen molar-refractivity contribution in [2.45, 2.75) is 6.92 Å². The first kappa shape index (κ1) is 12.0. The minimum Gasteiger partial charge on any atom is -0.379 e. The summed E-state index contributed by atoms with van der Waals surface area (Å²) in [6, 6.07) is 4.50. The number of hydrogen-bond acceptors (Lipinski definition) is 3. The lowest BCUT2D eigenvalue weighted by atomic mass is 10.1. The van der Waals surface area contributed by atoms with Crippen LogP contribution in [0.3, 0.4) is 0 Å². The summed E-state index contributed by atoms with van der Waals surface area (Å²) in [5, 5.41) is 1.74. The average Bonchev–Trinajstić information content (AvgIpc) is 2.33. The van der Waals surface area contributed by atoms with Gasteiger partial charge in [-0.15, -0.1) is 0 Å². The van der Waals surface area contributed by atoms with E-state index in [9.17, 15) is 9.18 Å². The van der Waals surface area contributed by atoms with Crippen molar-refractivity contribution in [1.82, 2.24) is 10.4 Å². The Bertz CT molecular complexity index is 417. The van der Waals surface area contributed by atoms with E-state index >= 15 is 0 Å². The van der Waals surface area contributed by atoms with Crippen LogP contribution in [0.2, 0.25) is 0 Å². The topological polar surface area (TPSA) is 41.6 Å². The molecule has 1 aromatic carbocycles. The highest BCUT2D eigenvalue weighted by atomic mass is 19.1. The molecule has 1 aliphatic heterocycles. The lowest BCUT2D eigenvalue weighted by Crippen LogP contribution is -2.48. The van der Waals surface area contributed by atoms with Crippen LogP contribution in [-0.2, 0) is 4.74 Å². The van der Waals surface area contributed by atoms with Crippen molar-refractivity contribution >= 4 is 5.91 Å². The quantitative estimate of drug-likeness (QED) is 0.839. The van der Waals surface area contributed by atoms with Gasteiger partial charge in [-0.25, -0.2) is 9.40 Å². The highest BCUT2D eigenvalue weighted by Crippen LogP contribution is 2.10. The second-order valence-electron chi connectivity index (χ2n) is 4.02. The fourth-order valence-electron chi connectivity index (χ4n) is 1.69. The second-order valence-corrected chi connectivity index (χ2v) is 4.02. The molecule has 1 fully saturated rings. The fourth-order valence-corrected chi connectivity index (χ4v) is 1.69. The van der Waals surface area contributed by atoms with Crippen molar-refractivity contribution in [3.8, 4) is 0 Å². The summed E-state index contributed by atoms with van der Waals surface area (Å²) in [7, 11) is 0. The van der Waals surface area contributed by atoms with Crippen LogP contribution < -0.4 is 5.43 Å². The maximum absolute atomic E-state index is 13.5. The number of morpholine rings is 1. The van der Waals surface area contributed by atoms with Crippen LogP contribution in [-0.4, -0.2) is 37.2 Å². The highest BCUT2D eigenvalue weighted by Gasteiger charge is 2.16. The number of hydrazine groups is 1. The minimum atomic E-state index is -0.499. The Kier molecular flexibility index (Phi) is 3.71. The van der Waals surface area contributed by atoms with E-state index in [0.29, 0.717) is 26.3 Å². The molecule has 0 bridgehead atoms. The average molecular weight is 238 g/mol. The van der Waals surface area contributed by atoms with Gasteiger partial charge < -0.3 is 4.74 Å². The molecule has 2 rings (SSSR count). The number of ether oxygens (including phenoxy) is 1. The first-order valence-electron chi connectivity index (χ1n) is 5.56. The molecule has 0 radical (unpaired) electrons. The summed E-state index contributed by atoms with van der Waals surface area (Å²) in [6.45, 7) is 4.23. The van der Waals surface area contributed by atoms with Gasteiger partial charge in [0.25, 0.3) is 5.91 Å². The van der Waals surface area contributed by atoms with E-state index in [0.717, 1.165) is 5.56 Å². The number of amides is 1. The zero-order valence-electron chi connectivity index (χ0n) is 9.70. The Morgan fingerprint density at radius 2 is 2.12 bits per heavy atom. The van der Waals surface area contributed by atoms with E-state index in [1.165, 1.54) is 6.07 Å². The molecule has 1 aliphatic rings. The van der Waals surface area contributed by atoms with Gasteiger partial charge in [0.1, 0.15) is 5.82 Å². The number of hydrogen-bond donors (Lipinski definition) is 1. The molecule has 0 aromatic heterocycles. The first-order valence-corrected chi connectivity index (χ1v) is 5.56. The van der Waals surface area contributed by atoms with Gasteiger partial charge >= 0.3 is 0 Å². The second kappa shape index (κ2) is 5.25. The molecular weight excluding hydrogens is 223 g/mol. The number of carbonyl (C=O) groups is 1. The Hall–Kier alpha value is -1.46. The van der Waals surface area contributed by atoms with Crippen LogP contribution in [0.4, 0.5) is 4.39 Å². The maximum Gasteiger partial charge on any atom is 0.268 e. The normalized spacial score (nSPS) is 16.8. The molecule has 92 valence electrons. The van der Waals surface area contributed by atoms with Gasteiger partial charge in [-0.05, 0) is 19.1 Å². The fraction of sp³-hybridized carbons (Fsp3) is 0.417. The van der Waals surface area contributed by atoms with Crippen molar-refractivity contribution in [3.63, 3.8) is 0 Å². The lowest BCUT2D eigenvalue weighted by molar-refractivity contribution is 0.0125. The molecule has 0 spiro atoms. The summed E-state index contributed by atoms with van der Waals surface area (Å²) in [6.07, 6.45) is 0. The molecule has 1 saturated heterocycles. The predicted octanol–water partition coefficient (Wildman–Crippen LogP) is 1.11. The summed E-state index contributed by atoms with van der Waals surface area (Å²) in [5.74, 6) is -0.908. The van der Waals surface area contributed by atoms with Gasteiger partial charge in [-0.1, -0.05) is 11.6 Å². The van der Waals surface area contributed by atoms with E-state index < -0.39 is 11.7 Å². The monoisotopic (exact) mass is 238 g/mol. The Labute approximate surface area is 99.3 Å². The molecule has 1 aromatic rings. The summed E-state index contributed by atoms with van der Waals surface area (Å²) < 4.78 is 18.6. The zero-order chi connectivity index (χ0) is 12.3. The van der Waals surface area contributed by atoms with Crippen molar-refractivity contribution in [2.75, 3.05) is 26.3 Å². The smallest absolute Gasteiger partial charge is 0.268 e. The largest absolute Gasteiger partial charge is 0.379 e. The number of rotatable bonds is 2. The molecule has 0 unspecified atom stereocenters. The van der Waals surface area contributed by atoms with Crippen LogP contribution in [0.25, 0.3) is 0 Å². The minimum absolute atomic E-state index is 0.0801. The Morgan fingerprint density at radius 1 is 1.41 bits per heavy atom. The molecule has 1 amide bonds. The highest BCUT2D eigenvalue weighted by molar-refractivity contribution is 5.94. The molecular formula is C12H15FN2O2. The summed E-state index contributed by atoms with van der Waals surface area (Å²) >= 11 is 0. The van der Waals surface area contributed by atoms with Gasteiger partial charge in [0, 0.05) is 13.1 Å². The maximum atomic E-state index is 13.5. The van der Waals surface area contributed by atoms with Gasteiger partial charge in [0.05, 0.1) is 18.8 Å². The molecule has 0 aliphatic carbocycles. The van der Waals surface area contributed by atoms with Crippen LogP contribution >= 0.6 is 0 Å². The summed E-state index contributed by atoms with van der Waals surface area (Å²) in [4.78, 5) is 11.9. The lowest BCUT2D eigenvalue weighted by Gasteiger charge is -2.27. The van der Waals surface area contributed by atoms with Crippen molar-refractivity contribution in [3.05, 3.63) is 35.1 Å². The Balaban J connectivity index is 2.05. The van der Waals surface area contributed by atoms with Crippen molar-refractivity contribution in [1.29, 1.82) is 0 Å². The predicted molar refractivity (Wildman–Crippen MR) is 61.0 cm³/mol. The number of nitrogens with one attached hydrogen (secondary N) is 1. The third kappa shape index (κ3) is 3.01. The van der Waals surface area contributed by atoms with E-state index in [1.54, 1.807) is 17.1 Å². The number of aryl methyl sites for hydroxylation is 1. The van der Waals surface area contributed by atoms with E-state index in [2.05, 4.69) is 5.43 Å². The van der Waals surface area contributed by atoms with Crippen LogP contribution in [0, 0.1) is 12.7 Å².